The zero-order valence-corrected chi connectivity index (χ0v) is 10.4. The number of hydrogen-bond donors (Lipinski definition) is 0. The summed E-state index contributed by atoms with van der Waals surface area (Å²) in [6.45, 7) is 0. The Balaban J connectivity index is 3.39. The Morgan fingerprint density at radius 1 is 1.25 bits per heavy atom. The minimum atomic E-state index is -4.16. The van der Waals surface area contributed by atoms with Gasteiger partial charge in [0.05, 0.1) is 4.90 Å². The maximum absolute atomic E-state index is 11.5. The van der Waals surface area contributed by atoms with Crippen molar-refractivity contribution in [2.45, 2.75) is 11.3 Å². The number of rotatable bonds is 4. The Hall–Kier alpha value is -0.920. The molecule has 0 aliphatic rings. The van der Waals surface area contributed by atoms with Crippen LogP contribution in [0.4, 0.5) is 0 Å². The van der Waals surface area contributed by atoms with Gasteiger partial charge in [-0.15, -0.1) is 11.6 Å². The predicted molar refractivity (Wildman–Crippen MR) is 59.4 cm³/mol. The molecule has 1 aromatic rings. The molecule has 0 unspecified atom stereocenters. The summed E-state index contributed by atoms with van der Waals surface area (Å²) >= 11 is 5.52. The average molecular weight is 282 g/mol. The molecule has 0 bridgehead atoms. The molecule has 0 aromatic heterocycles. The molecule has 8 heteroatoms. The Labute approximate surface area is 99.8 Å². The molecule has 88 valence electrons. The first-order valence-electron chi connectivity index (χ1n) is 4.18. The van der Waals surface area contributed by atoms with Crippen molar-refractivity contribution in [2.24, 2.45) is 3.77 Å². The highest BCUT2D eigenvalue weighted by atomic mass is 35.5. The van der Waals surface area contributed by atoms with E-state index >= 15 is 0 Å². The van der Waals surface area contributed by atoms with Gasteiger partial charge in [0.2, 0.25) is 0 Å². The zero-order valence-electron chi connectivity index (χ0n) is 8.00. The van der Waals surface area contributed by atoms with E-state index in [1.165, 1.54) is 12.1 Å². The molecule has 0 N–H and O–H groups in total. The van der Waals surface area contributed by atoms with Gasteiger partial charge < -0.3 is 0 Å². The van der Waals surface area contributed by atoms with Crippen LogP contribution in [0.1, 0.15) is 5.56 Å². The fraction of sp³-hybridized carbons (Fsp3) is 0.250. The van der Waals surface area contributed by atoms with Crippen molar-refractivity contribution in [2.75, 3.05) is 5.88 Å². The molecule has 0 aliphatic carbocycles. The van der Waals surface area contributed by atoms with E-state index in [0.29, 0.717) is 12.0 Å². The third-order valence-electron chi connectivity index (χ3n) is 1.77. The SMILES string of the molecule is O=S(=O)=NS(=O)(=O)c1ccccc1CCCl. The average Bonchev–Trinajstić information content (AvgIpc) is 2.17. The lowest BCUT2D eigenvalue weighted by Gasteiger charge is -2.03. The quantitative estimate of drug-likeness (QED) is 0.777. The fourth-order valence-corrected chi connectivity index (χ4v) is 3.10. The molecule has 0 aliphatic heterocycles. The van der Waals surface area contributed by atoms with Gasteiger partial charge in [-0.25, -0.2) is 0 Å². The first-order chi connectivity index (χ1) is 7.47. The third-order valence-corrected chi connectivity index (χ3v) is 4.19. The van der Waals surface area contributed by atoms with Crippen molar-refractivity contribution in [1.82, 2.24) is 0 Å². The molecule has 0 amide bonds. The van der Waals surface area contributed by atoms with E-state index in [1.54, 1.807) is 12.1 Å². The number of hydrogen-bond acceptors (Lipinski definition) is 4. The normalized spacial score (nSPS) is 11.1. The van der Waals surface area contributed by atoms with Gasteiger partial charge in [0, 0.05) is 5.88 Å². The van der Waals surface area contributed by atoms with E-state index in [1.807, 2.05) is 0 Å². The summed E-state index contributed by atoms with van der Waals surface area (Å²) in [5.74, 6) is 0.243. The minimum Gasteiger partial charge on any atom is -0.198 e. The number of nitrogens with zero attached hydrogens (tertiary/aromatic N) is 1. The molecule has 0 heterocycles. The second-order valence-corrected chi connectivity index (χ2v) is 5.61. The fourth-order valence-electron chi connectivity index (χ4n) is 1.18. The van der Waals surface area contributed by atoms with E-state index in [0.717, 1.165) is 0 Å². The summed E-state index contributed by atoms with van der Waals surface area (Å²) in [7, 11) is -7.15. The van der Waals surface area contributed by atoms with Crippen molar-refractivity contribution in [3.8, 4) is 0 Å². The van der Waals surface area contributed by atoms with Gasteiger partial charge in [0.25, 0.3) is 10.0 Å². The molecule has 0 radical (unpaired) electrons. The van der Waals surface area contributed by atoms with E-state index in [2.05, 4.69) is 3.77 Å². The first-order valence-corrected chi connectivity index (χ1v) is 7.19. The number of aryl methyl sites for hydroxylation is 1. The largest absolute Gasteiger partial charge is 0.327 e. The highest BCUT2D eigenvalue weighted by Gasteiger charge is 2.17. The Bertz CT molecular complexity index is 599. The van der Waals surface area contributed by atoms with E-state index in [-0.39, 0.29) is 10.8 Å². The number of sulfonamides is 1. The highest BCUT2D eigenvalue weighted by Crippen LogP contribution is 2.18. The van der Waals surface area contributed by atoms with Crippen molar-refractivity contribution >= 4 is 32.1 Å². The first kappa shape index (κ1) is 13.1. The van der Waals surface area contributed by atoms with Crippen molar-refractivity contribution in [3.05, 3.63) is 29.8 Å². The van der Waals surface area contributed by atoms with Crippen LogP contribution in [0, 0.1) is 0 Å². The Kier molecular flexibility index (Phi) is 4.45. The van der Waals surface area contributed by atoms with Crippen molar-refractivity contribution in [3.63, 3.8) is 0 Å². The second kappa shape index (κ2) is 5.42. The zero-order chi connectivity index (χ0) is 12.2. The molecule has 1 rings (SSSR count). The number of alkyl halides is 1. The van der Waals surface area contributed by atoms with Gasteiger partial charge in [-0.3, -0.25) is 0 Å². The summed E-state index contributed by atoms with van der Waals surface area (Å²) in [5, 5.41) is 0. The molecule has 0 atom stereocenters. The van der Waals surface area contributed by atoms with Gasteiger partial charge in [0.15, 0.2) is 0 Å². The molecule has 0 saturated heterocycles. The summed E-state index contributed by atoms with van der Waals surface area (Å²) in [5.41, 5.74) is 0.451. The van der Waals surface area contributed by atoms with Gasteiger partial charge in [0.1, 0.15) is 0 Å². The van der Waals surface area contributed by atoms with Crippen molar-refractivity contribution < 1.29 is 16.8 Å². The van der Waals surface area contributed by atoms with E-state index in [4.69, 9.17) is 11.6 Å². The van der Waals surface area contributed by atoms with Crippen LogP contribution in [-0.2, 0) is 26.9 Å². The van der Waals surface area contributed by atoms with Crippen LogP contribution < -0.4 is 0 Å². The monoisotopic (exact) mass is 281 g/mol. The molecule has 1 aromatic carbocycles. The second-order valence-electron chi connectivity index (χ2n) is 2.81. The summed E-state index contributed by atoms with van der Waals surface area (Å²) < 4.78 is 46.3. The van der Waals surface area contributed by atoms with Crippen LogP contribution in [0.25, 0.3) is 0 Å². The summed E-state index contributed by atoms with van der Waals surface area (Å²) in [4.78, 5) is -0.125. The standard InChI is InChI=1S/C8H8ClNO4S2/c9-6-5-7-3-1-2-4-8(7)16(13,14)10-15(11)12/h1-4H,5-6H2. The number of benzene rings is 1. The maximum atomic E-state index is 11.5. The van der Waals surface area contributed by atoms with E-state index < -0.39 is 20.5 Å². The van der Waals surface area contributed by atoms with Crippen LogP contribution in [0.3, 0.4) is 0 Å². The summed E-state index contributed by atoms with van der Waals surface area (Å²) in [6, 6.07) is 6.01. The van der Waals surface area contributed by atoms with Crippen LogP contribution in [0.15, 0.2) is 32.9 Å². The van der Waals surface area contributed by atoms with Gasteiger partial charge >= 0.3 is 10.5 Å². The predicted octanol–water partition coefficient (Wildman–Crippen LogP) is 1.22. The number of halogens is 1. The maximum Gasteiger partial charge on any atom is 0.327 e. The van der Waals surface area contributed by atoms with Crippen LogP contribution in [0.2, 0.25) is 0 Å². The lowest BCUT2D eigenvalue weighted by atomic mass is 10.2. The molecule has 0 saturated carbocycles. The molecular formula is C8H8ClNO4S2. The topological polar surface area (TPSA) is 80.6 Å². The molecule has 0 spiro atoms. The third kappa shape index (κ3) is 3.29. The Morgan fingerprint density at radius 3 is 2.44 bits per heavy atom. The van der Waals surface area contributed by atoms with Gasteiger partial charge in [-0.05, 0) is 21.8 Å². The van der Waals surface area contributed by atoms with Crippen molar-refractivity contribution in [1.29, 1.82) is 0 Å². The summed E-state index contributed by atoms with van der Waals surface area (Å²) in [6.07, 6.45) is 0.331. The van der Waals surface area contributed by atoms with E-state index in [9.17, 15) is 16.8 Å². The molecular weight excluding hydrogens is 274 g/mol. The lowest BCUT2D eigenvalue weighted by Crippen LogP contribution is -2.02. The Morgan fingerprint density at radius 2 is 1.88 bits per heavy atom. The molecule has 0 fully saturated rings. The highest BCUT2D eigenvalue weighted by molar-refractivity contribution is 7.94. The minimum absolute atomic E-state index is 0.125. The van der Waals surface area contributed by atoms with Crippen LogP contribution >= 0.6 is 11.6 Å². The lowest BCUT2D eigenvalue weighted by molar-refractivity contribution is 0.595. The van der Waals surface area contributed by atoms with Gasteiger partial charge in [-0.2, -0.15) is 16.8 Å². The molecule has 16 heavy (non-hydrogen) atoms. The van der Waals surface area contributed by atoms with Crippen LogP contribution in [0.5, 0.6) is 0 Å². The molecule has 5 nitrogen and oxygen atoms in total. The smallest absolute Gasteiger partial charge is 0.198 e. The van der Waals surface area contributed by atoms with Gasteiger partial charge in [-0.1, -0.05) is 18.2 Å². The van der Waals surface area contributed by atoms with Crippen LogP contribution in [-0.4, -0.2) is 22.7 Å².